The highest BCUT2D eigenvalue weighted by atomic mass is 35.5. The Morgan fingerprint density at radius 3 is 2.45 bits per heavy atom. The second-order valence-corrected chi connectivity index (χ2v) is 8.51. The van der Waals surface area contributed by atoms with Crippen LogP contribution in [0.2, 0.25) is 5.02 Å². The van der Waals surface area contributed by atoms with Crippen LogP contribution in [0.15, 0.2) is 48.7 Å². The maximum absolute atomic E-state index is 6.11. The molecule has 1 saturated carbocycles. The van der Waals surface area contributed by atoms with Crippen molar-refractivity contribution in [2.24, 2.45) is 0 Å². The number of pyridine rings is 1. The Bertz CT molecular complexity index is 1030. The Morgan fingerprint density at radius 2 is 1.73 bits per heavy atom. The van der Waals surface area contributed by atoms with Crippen LogP contribution in [0.1, 0.15) is 31.2 Å². The molecular formula is C25H32Cl3N3O2. The first kappa shape index (κ1) is 27.3. The number of nitrogens with one attached hydrogen (secondary N) is 2. The van der Waals surface area contributed by atoms with Crippen LogP contribution in [0.4, 0.5) is 5.69 Å². The van der Waals surface area contributed by atoms with Gasteiger partial charge in [0, 0.05) is 34.4 Å². The van der Waals surface area contributed by atoms with Crippen LogP contribution in [0, 0.1) is 0 Å². The SMILES string of the molecule is COc1cccc(CCNC2CCC(Nc3ccnc4cc(Cl)ccc34)CC2)c1OC.Cl.Cl. The number of halogens is 3. The molecule has 1 heterocycles. The summed E-state index contributed by atoms with van der Waals surface area (Å²) < 4.78 is 10.9. The average Bonchev–Trinajstić information content (AvgIpc) is 2.80. The lowest BCUT2D eigenvalue weighted by Gasteiger charge is -2.30. The molecule has 1 aromatic heterocycles. The van der Waals surface area contributed by atoms with Crippen molar-refractivity contribution < 1.29 is 9.47 Å². The first-order valence-electron chi connectivity index (χ1n) is 10.9. The van der Waals surface area contributed by atoms with Crippen LogP contribution in [0.5, 0.6) is 11.5 Å². The molecule has 3 aromatic rings. The van der Waals surface area contributed by atoms with Crippen molar-refractivity contribution in [3.05, 3.63) is 59.2 Å². The fourth-order valence-electron chi connectivity index (χ4n) is 4.47. The largest absolute Gasteiger partial charge is 0.493 e. The first-order valence-corrected chi connectivity index (χ1v) is 11.3. The van der Waals surface area contributed by atoms with Gasteiger partial charge in [0.15, 0.2) is 11.5 Å². The van der Waals surface area contributed by atoms with E-state index < -0.39 is 0 Å². The number of aromatic nitrogens is 1. The van der Waals surface area contributed by atoms with Gasteiger partial charge in [-0.05, 0) is 74.5 Å². The second-order valence-electron chi connectivity index (χ2n) is 8.07. The lowest BCUT2D eigenvalue weighted by atomic mass is 9.90. The summed E-state index contributed by atoms with van der Waals surface area (Å²) in [4.78, 5) is 4.44. The zero-order valence-electron chi connectivity index (χ0n) is 19.0. The average molecular weight is 513 g/mol. The number of fused-ring (bicyclic) bond motifs is 1. The van der Waals surface area contributed by atoms with Crippen LogP contribution in [-0.2, 0) is 6.42 Å². The summed E-state index contributed by atoms with van der Waals surface area (Å²) in [7, 11) is 3.37. The first-order chi connectivity index (χ1) is 15.2. The third kappa shape index (κ3) is 6.80. The van der Waals surface area contributed by atoms with E-state index in [1.54, 1.807) is 14.2 Å². The standard InChI is InChI=1S/C25H30ClN3O2.2ClH/c1-30-24-5-3-4-17(25(24)31-2)12-14-27-19-7-9-20(10-8-19)29-22-13-15-28-23-16-18(26)6-11-21(22)23;;/h3-6,11,13,15-16,19-20,27H,7-10,12,14H2,1-2H3,(H,28,29);2*1H. The number of methoxy groups -OCH3 is 2. The molecule has 0 aliphatic heterocycles. The van der Waals surface area contributed by atoms with Gasteiger partial charge in [-0.3, -0.25) is 4.98 Å². The summed E-state index contributed by atoms with van der Waals surface area (Å²) in [5.74, 6) is 1.63. The predicted octanol–water partition coefficient (Wildman–Crippen LogP) is 6.30. The number of hydrogen-bond acceptors (Lipinski definition) is 5. The number of nitrogens with zero attached hydrogens (tertiary/aromatic N) is 1. The second kappa shape index (κ2) is 13.1. The molecule has 2 N–H and O–H groups in total. The minimum absolute atomic E-state index is 0. The molecule has 0 unspecified atom stereocenters. The van der Waals surface area contributed by atoms with Crippen molar-refractivity contribution in [2.45, 2.75) is 44.2 Å². The summed E-state index contributed by atoms with van der Waals surface area (Å²) in [6.45, 7) is 0.933. The molecular weight excluding hydrogens is 481 g/mol. The number of hydrogen-bond donors (Lipinski definition) is 2. The Hall–Kier alpha value is -1.92. The van der Waals surface area contributed by atoms with E-state index in [4.69, 9.17) is 21.1 Å². The molecule has 0 radical (unpaired) electrons. The van der Waals surface area contributed by atoms with Gasteiger partial charge in [-0.2, -0.15) is 0 Å². The van der Waals surface area contributed by atoms with Gasteiger partial charge in [-0.25, -0.2) is 0 Å². The molecule has 5 nitrogen and oxygen atoms in total. The van der Waals surface area contributed by atoms with E-state index in [-0.39, 0.29) is 24.8 Å². The van der Waals surface area contributed by atoms with Crippen molar-refractivity contribution in [3.63, 3.8) is 0 Å². The van der Waals surface area contributed by atoms with Gasteiger partial charge in [-0.1, -0.05) is 23.7 Å². The molecule has 8 heteroatoms. The number of benzene rings is 2. The van der Waals surface area contributed by atoms with Gasteiger partial charge in [0.1, 0.15) is 0 Å². The highest BCUT2D eigenvalue weighted by Crippen LogP contribution is 2.31. The Morgan fingerprint density at radius 1 is 0.970 bits per heavy atom. The zero-order chi connectivity index (χ0) is 21.6. The lowest BCUT2D eigenvalue weighted by molar-refractivity contribution is 0.346. The minimum Gasteiger partial charge on any atom is -0.493 e. The van der Waals surface area contributed by atoms with E-state index in [1.165, 1.54) is 18.4 Å². The number of para-hydroxylation sites is 1. The molecule has 0 bridgehead atoms. The van der Waals surface area contributed by atoms with Crippen LogP contribution in [0.25, 0.3) is 10.9 Å². The topological polar surface area (TPSA) is 55.4 Å². The van der Waals surface area contributed by atoms with Gasteiger partial charge >= 0.3 is 0 Å². The highest BCUT2D eigenvalue weighted by molar-refractivity contribution is 6.31. The Balaban J connectivity index is 0.00000193. The molecule has 1 fully saturated rings. The summed E-state index contributed by atoms with van der Waals surface area (Å²) in [6, 6.07) is 15.1. The third-order valence-corrected chi connectivity index (χ3v) is 6.34. The molecule has 1 aliphatic rings. The van der Waals surface area contributed by atoms with Crippen molar-refractivity contribution in [2.75, 3.05) is 26.1 Å². The number of rotatable bonds is 8. The van der Waals surface area contributed by atoms with Gasteiger partial charge in [0.05, 0.1) is 19.7 Å². The summed E-state index contributed by atoms with van der Waals surface area (Å²) in [6.07, 6.45) is 7.41. The smallest absolute Gasteiger partial charge is 0.163 e. The molecule has 2 aromatic carbocycles. The maximum Gasteiger partial charge on any atom is 0.163 e. The molecule has 0 amide bonds. The number of anilines is 1. The fraction of sp³-hybridized carbons (Fsp3) is 0.400. The van der Waals surface area contributed by atoms with Crippen molar-refractivity contribution in [1.82, 2.24) is 10.3 Å². The van der Waals surface area contributed by atoms with E-state index in [9.17, 15) is 0 Å². The number of ether oxygens (including phenoxy) is 2. The molecule has 33 heavy (non-hydrogen) atoms. The predicted molar refractivity (Wildman–Crippen MR) is 142 cm³/mol. The van der Waals surface area contributed by atoms with E-state index in [2.05, 4.69) is 27.8 Å². The van der Waals surface area contributed by atoms with Crippen molar-refractivity contribution in [3.8, 4) is 11.5 Å². The molecule has 4 rings (SSSR count). The Labute approximate surface area is 213 Å². The molecule has 180 valence electrons. The molecule has 0 spiro atoms. The van der Waals surface area contributed by atoms with Gasteiger partial charge < -0.3 is 20.1 Å². The fourth-order valence-corrected chi connectivity index (χ4v) is 4.64. The van der Waals surface area contributed by atoms with E-state index in [0.717, 1.165) is 58.9 Å². The van der Waals surface area contributed by atoms with Crippen LogP contribution in [-0.4, -0.2) is 37.8 Å². The molecule has 0 saturated heterocycles. The highest BCUT2D eigenvalue weighted by Gasteiger charge is 2.21. The van der Waals surface area contributed by atoms with Crippen molar-refractivity contribution >= 4 is 53.0 Å². The minimum atomic E-state index is 0. The van der Waals surface area contributed by atoms with Gasteiger partial charge in [0.2, 0.25) is 0 Å². The summed E-state index contributed by atoms with van der Waals surface area (Å²) in [5.41, 5.74) is 3.25. The van der Waals surface area contributed by atoms with E-state index in [1.807, 2.05) is 36.5 Å². The van der Waals surface area contributed by atoms with Crippen LogP contribution in [0.3, 0.4) is 0 Å². The quantitative estimate of drug-likeness (QED) is 0.371. The Kier molecular flexibility index (Phi) is 10.8. The van der Waals surface area contributed by atoms with Crippen molar-refractivity contribution in [1.29, 1.82) is 0 Å². The van der Waals surface area contributed by atoms with Gasteiger partial charge in [-0.15, -0.1) is 24.8 Å². The summed E-state index contributed by atoms with van der Waals surface area (Å²) in [5, 5.41) is 9.30. The monoisotopic (exact) mass is 511 g/mol. The summed E-state index contributed by atoms with van der Waals surface area (Å²) >= 11 is 6.11. The van der Waals surface area contributed by atoms with Crippen LogP contribution >= 0.6 is 36.4 Å². The van der Waals surface area contributed by atoms with E-state index in [0.29, 0.717) is 12.1 Å². The van der Waals surface area contributed by atoms with E-state index >= 15 is 0 Å². The lowest BCUT2D eigenvalue weighted by Crippen LogP contribution is -2.37. The maximum atomic E-state index is 6.11. The third-order valence-electron chi connectivity index (χ3n) is 6.10. The molecule has 0 atom stereocenters. The normalized spacial score (nSPS) is 17.5. The van der Waals surface area contributed by atoms with Gasteiger partial charge in [0.25, 0.3) is 0 Å². The van der Waals surface area contributed by atoms with Crippen LogP contribution < -0.4 is 20.1 Å². The molecule has 1 aliphatic carbocycles. The zero-order valence-corrected chi connectivity index (χ0v) is 21.4.